The number of carbonyl (C=O) groups excluding carboxylic acids is 1. The minimum absolute atomic E-state index is 0.0185. The molecule has 4 aromatic carbocycles. The van der Waals surface area contributed by atoms with E-state index in [1.807, 2.05) is 59.6 Å². The van der Waals surface area contributed by atoms with Gasteiger partial charge in [-0.15, -0.1) is 0 Å². The molecule has 2 heterocycles. The summed E-state index contributed by atoms with van der Waals surface area (Å²) in [5, 5.41) is 0. The number of nitrogens with zero attached hydrogens (tertiary/aromatic N) is 4. The minimum atomic E-state index is -0.831. The van der Waals surface area contributed by atoms with Crippen molar-refractivity contribution >= 4 is 23.5 Å². The van der Waals surface area contributed by atoms with Crippen LogP contribution in [0.3, 0.4) is 0 Å². The van der Waals surface area contributed by atoms with Crippen molar-refractivity contribution in [1.82, 2.24) is 4.90 Å². The molecular formula is C37H40N4O2. The van der Waals surface area contributed by atoms with E-state index in [4.69, 9.17) is 9.73 Å². The zero-order valence-corrected chi connectivity index (χ0v) is 25.6. The molecule has 6 rings (SSSR count). The highest BCUT2D eigenvalue weighted by molar-refractivity contribution is 6.02. The van der Waals surface area contributed by atoms with Gasteiger partial charge in [0.15, 0.2) is 0 Å². The maximum absolute atomic E-state index is 14.3. The normalized spacial score (nSPS) is 14.4. The minimum Gasteiger partial charge on any atom is -0.456 e. The Balaban J connectivity index is 1.54. The first-order chi connectivity index (χ1) is 21.1. The summed E-state index contributed by atoms with van der Waals surface area (Å²) in [7, 11) is 0. The lowest BCUT2D eigenvalue weighted by atomic mass is 9.74. The summed E-state index contributed by atoms with van der Waals surface area (Å²) in [6, 6.07) is 31.1. The summed E-state index contributed by atoms with van der Waals surface area (Å²) in [6.45, 7) is 13.2. The number of fused-ring (bicyclic) bond motifs is 6. The lowest BCUT2D eigenvalue weighted by molar-refractivity contribution is 0.0673. The maximum atomic E-state index is 14.3. The Kier molecular flexibility index (Phi) is 7.94. The van der Waals surface area contributed by atoms with Gasteiger partial charge in [0.05, 0.1) is 6.54 Å². The first-order valence-corrected chi connectivity index (χ1v) is 15.5. The second-order valence-electron chi connectivity index (χ2n) is 11.0. The molecule has 1 amide bonds. The fraction of sp³-hybridized carbons (Fsp3) is 0.297. The molecule has 6 heteroatoms. The van der Waals surface area contributed by atoms with Gasteiger partial charge in [0.1, 0.15) is 17.0 Å². The third-order valence-electron chi connectivity index (χ3n) is 8.88. The fourth-order valence-electron chi connectivity index (χ4n) is 6.77. The predicted molar refractivity (Wildman–Crippen MR) is 176 cm³/mol. The molecule has 0 bridgehead atoms. The van der Waals surface area contributed by atoms with Crippen molar-refractivity contribution in [2.24, 2.45) is 4.99 Å². The van der Waals surface area contributed by atoms with E-state index in [2.05, 4.69) is 80.0 Å². The largest absolute Gasteiger partial charge is 0.456 e. The Morgan fingerprint density at radius 1 is 0.721 bits per heavy atom. The molecule has 220 valence electrons. The quantitative estimate of drug-likeness (QED) is 0.187. The Hall–Kier alpha value is -4.58. The van der Waals surface area contributed by atoms with E-state index in [9.17, 15) is 4.79 Å². The average Bonchev–Trinajstić information content (AvgIpc) is 3.29. The molecule has 0 N–H and O–H groups in total. The highest BCUT2D eigenvalue weighted by Gasteiger charge is 2.56. The van der Waals surface area contributed by atoms with Crippen LogP contribution in [0.5, 0.6) is 11.5 Å². The van der Waals surface area contributed by atoms with Gasteiger partial charge in [-0.25, -0.2) is 0 Å². The molecule has 0 saturated carbocycles. The van der Waals surface area contributed by atoms with E-state index < -0.39 is 5.54 Å². The monoisotopic (exact) mass is 572 g/mol. The van der Waals surface area contributed by atoms with Gasteiger partial charge in [0, 0.05) is 79.1 Å². The number of hydrogen-bond donors (Lipinski definition) is 0. The topological polar surface area (TPSA) is 48.4 Å². The number of rotatable bonds is 10. The first-order valence-electron chi connectivity index (χ1n) is 15.5. The molecule has 2 aliphatic heterocycles. The van der Waals surface area contributed by atoms with E-state index in [-0.39, 0.29) is 5.91 Å². The number of ether oxygens (including phenoxy) is 1. The van der Waals surface area contributed by atoms with Crippen LogP contribution >= 0.6 is 0 Å². The molecule has 0 atom stereocenters. The van der Waals surface area contributed by atoms with E-state index >= 15 is 0 Å². The van der Waals surface area contributed by atoms with E-state index in [0.717, 1.165) is 76.9 Å². The summed E-state index contributed by atoms with van der Waals surface area (Å²) < 4.78 is 6.78. The van der Waals surface area contributed by atoms with Crippen molar-refractivity contribution in [3.05, 3.63) is 119 Å². The van der Waals surface area contributed by atoms with Gasteiger partial charge in [0.25, 0.3) is 5.91 Å². The van der Waals surface area contributed by atoms with Crippen LogP contribution in [0.4, 0.5) is 11.4 Å². The van der Waals surface area contributed by atoms with Crippen LogP contribution < -0.4 is 14.5 Å². The van der Waals surface area contributed by atoms with Gasteiger partial charge in [-0.1, -0.05) is 60.7 Å². The second-order valence-corrected chi connectivity index (χ2v) is 11.0. The number of anilines is 2. The zero-order valence-electron chi connectivity index (χ0n) is 25.6. The average molecular weight is 573 g/mol. The van der Waals surface area contributed by atoms with Crippen LogP contribution in [0.1, 0.15) is 60.3 Å². The summed E-state index contributed by atoms with van der Waals surface area (Å²) in [6.07, 6.45) is 1.89. The molecule has 6 nitrogen and oxygen atoms in total. The van der Waals surface area contributed by atoms with Crippen molar-refractivity contribution in [3.63, 3.8) is 0 Å². The Morgan fingerprint density at radius 2 is 1.28 bits per heavy atom. The van der Waals surface area contributed by atoms with E-state index in [0.29, 0.717) is 13.1 Å². The first kappa shape index (κ1) is 28.5. The maximum Gasteiger partial charge on any atom is 0.255 e. The number of hydrogen-bond acceptors (Lipinski definition) is 5. The molecule has 0 radical (unpaired) electrons. The molecule has 0 aromatic heterocycles. The standard InChI is InChI=1S/C37H40N4O2/c1-5-39(6-2)28-18-20-32-34(24-28)43-35-25-29(40(7-3)8-4)19-21-33(35)37(32)31-17-13-12-16-30(31)36(42)41(37)23-22-38-26-27-14-10-9-11-15-27/h9-21,24-26H,5-8,22-23H2,1-4H3. The van der Waals surface area contributed by atoms with E-state index in [1.165, 1.54) is 0 Å². The van der Waals surface area contributed by atoms with Crippen molar-refractivity contribution in [1.29, 1.82) is 0 Å². The molecule has 2 aliphatic rings. The SMILES string of the molecule is CCN(CC)c1ccc2c(c1)Oc1cc(N(CC)CC)ccc1C21c2ccccc2C(=O)N1CCN=Cc1ccccc1. The Morgan fingerprint density at radius 3 is 1.86 bits per heavy atom. The summed E-state index contributed by atoms with van der Waals surface area (Å²) in [4.78, 5) is 25.7. The van der Waals surface area contributed by atoms with Crippen molar-refractivity contribution in [3.8, 4) is 11.5 Å². The van der Waals surface area contributed by atoms with Crippen molar-refractivity contribution in [2.45, 2.75) is 33.2 Å². The molecule has 1 spiro atoms. The lowest BCUT2D eigenvalue weighted by Crippen LogP contribution is -2.48. The van der Waals surface area contributed by atoms with Crippen molar-refractivity contribution < 1.29 is 9.53 Å². The number of carbonyl (C=O) groups is 1. The molecule has 0 unspecified atom stereocenters. The Labute approximate surface area is 255 Å². The molecule has 0 aliphatic carbocycles. The summed E-state index contributed by atoms with van der Waals surface area (Å²) in [5.41, 5.74) is 6.12. The molecular weight excluding hydrogens is 532 g/mol. The van der Waals surface area contributed by atoms with Crippen LogP contribution in [0.25, 0.3) is 0 Å². The van der Waals surface area contributed by atoms with Gasteiger partial charge in [-0.2, -0.15) is 0 Å². The fourth-order valence-corrected chi connectivity index (χ4v) is 6.77. The smallest absolute Gasteiger partial charge is 0.255 e. The third kappa shape index (κ3) is 4.75. The highest BCUT2D eigenvalue weighted by Crippen LogP contribution is 2.58. The van der Waals surface area contributed by atoms with Crippen LogP contribution in [0, 0.1) is 0 Å². The second kappa shape index (κ2) is 12.0. The predicted octanol–water partition coefficient (Wildman–Crippen LogP) is 7.35. The number of amides is 1. The van der Waals surface area contributed by atoms with Crippen LogP contribution in [-0.2, 0) is 5.54 Å². The van der Waals surface area contributed by atoms with Gasteiger partial charge in [-0.3, -0.25) is 9.79 Å². The molecule has 0 fully saturated rings. The van der Waals surface area contributed by atoms with Crippen LogP contribution in [0.2, 0.25) is 0 Å². The number of aliphatic imine (C=N–C) groups is 1. The molecule has 43 heavy (non-hydrogen) atoms. The lowest BCUT2D eigenvalue weighted by Gasteiger charge is -2.44. The van der Waals surface area contributed by atoms with Gasteiger partial charge in [-0.05, 0) is 57.0 Å². The molecule has 4 aromatic rings. The van der Waals surface area contributed by atoms with Crippen LogP contribution in [0.15, 0.2) is 96.0 Å². The van der Waals surface area contributed by atoms with Crippen molar-refractivity contribution in [2.75, 3.05) is 49.1 Å². The van der Waals surface area contributed by atoms with Gasteiger partial charge >= 0.3 is 0 Å². The summed E-state index contributed by atoms with van der Waals surface area (Å²) in [5.74, 6) is 1.59. The number of benzene rings is 4. The third-order valence-corrected chi connectivity index (χ3v) is 8.88. The van der Waals surface area contributed by atoms with E-state index in [1.54, 1.807) is 0 Å². The van der Waals surface area contributed by atoms with Gasteiger partial charge < -0.3 is 19.4 Å². The molecule has 0 saturated heterocycles. The summed E-state index contributed by atoms with van der Waals surface area (Å²) >= 11 is 0. The van der Waals surface area contributed by atoms with Gasteiger partial charge in [0.2, 0.25) is 0 Å². The highest BCUT2D eigenvalue weighted by atomic mass is 16.5. The Bertz CT molecular complexity index is 1580. The zero-order chi connectivity index (χ0) is 30.0. The van der Waals surface area contributed by atoms with Crippen LogP contribution in [-0.4, -0.2) is 56.3 Å².